The molecule has 0 atom stereocenters. The highest BCUT2D eigenvalue weighted by Crippen LogP contribution is 2.32. The second-order valence-corrected chi connectivity index (χ2v) is 8.71. The second-order valence-electron chi connectivity index (χ2n) is 7.85. The van der Waals surface area contributed by atoms with Gasteiger partial charge in [0, 0.05) is 17.6 Å². The number of ether oxygens (including phenoxy) is 2. The van der Waals surface area contributed by atoms with Crippen LogP contribution in [0.4, 0.5) is 14.6 Å². The molecule has 0 saturated carbocycles. The van der Waals surface area contributed by atoms with E-state index in [2.05, 4.69) is 26.0 Å². The molecule has 36 heavy (non-hydrogen) atoms. The minimum Gasteiger partial charge on any atom is -0.496 e. The number of nitrogens with two attached hydrogens (primary N) is 1. The fraction of sp³-hybridized carbons (Fsp3) is 0.0800. The van der Waals surface area contributed by atoms with Gasteiger partial charge in [-0.25, -0.2) is 18.4 Å². The SMILES string of the molecule is COc1cc2ccn(C(=O)c3cnn(-c4cnc(Oc5c(F)cccc5F)cc4C)c3N)c2cc1Br. The van der Waals surface area contributed by atoms with E-state index in [4.69, 9.17) is 15.2 Å². The molecule has 3 aromatic heterocycles. The van der Waals surface area contributed by atoms with Crippen LogP contribution >= 0.6 is 15.9 Å². The second kappa shape index (κ2) is 9.08. The molecule has 2 aromatic carbocycles. The van der Waals surface area contributed by atoms with Gasteiger partial charge in [0.1, 0.15) is 17.1 Å². The van der Waals surface area contributed by atoms with Crippen LogP contribution in [-0.4, -0.2) is 32.3 Å². The molecule has 0 bridgehead atoms. The smallest absolute Gasteiger partial charge is 0.267 e. The standard InChI is InChI=1S/C25H18BrF2N5O3/c1-13-8-22(36-23-17(27)4-3-5-18(23)28)30-12-20(13)33-24(29)15(11-31-33)25(34)32-7-6-14-9-21(35-2)16(26)10-19(14)32/h3-12H,29H2,1-2H3. The summed E-state index contributed by atoms with van der Waals surface area (Å²) < 4.78 is 42.0. The molecule has 0 fully saturated rings. The Morgan fingerprint density at radius 3 is 2.56 bits per heavy atom. The summed E-state index contributed by atoms with van der Waals surface area (Å²) in [4.78, 5) is 17.5. The monoisotopic (exact) mass is 553 g/mol. The number of nitrogens with zero attached hydrogens (tertiary/aromatic N) is 4. The van der Waals surface area contributed by atoms with Gasteiger partial charge >= 0.3 is 0 Å². The van der Waals surface area contributed by atoms with E-state index in [1.54, 1.807) is 32.4 Å². The number of aromatic nitrogens is 4. The maximum Gasteiger partial charge on any atom is 0.267 e. The average molecular weight is 554 g/mol. The lowest BCUT2D eigenvalue weighted by Crippen LogP contribution is -2.13. The van der Waals surface area contributed by atoms with Gasteiger partial charge in [-0.2, -0.15) is 5.10 Å². The summed E-state index contributed by atoms with van der Waals surface area (Å²) in [7, 11) is 1.57. The molecule has 0 unspecified atom stereocenters. The molecule has 0 aliphatic carbocycles. The van der Waals surface area contributed by atoms with Crippen molar-refractivity contribution in [1.29, 1.82) is 0 Å². The van der Waals surface area contributed by atoms with Crippen LogP contribution in [0, 0.1) is 18.6 Å². The third kappa shape index (κ3) is 3.97. The molecule has 0 radical (unpaired) electrons. The van der Waals surface area contributed by atoms with E-state index in [-0.39, 0.29) is 23.2 Å². The average Bonchev–Trinajstić information content (AvgIpc) is 3.43. The Labute approximate surface area is 212 Å². The van der Waals surface area contributed by atoms with Gasteiger partial charge in [0.25, 0.3) is 5.91 Å². The number of para-hydroxylation sites is 1. The normalized spacial score (nSPS) is 11.1. The first-order chi connectivity index (χ1) is 17.3. The summed E-state index contributed by atoms with van der Waals surface area (Å²) >= 11 is 3.44. The van der Waals surface area contributed by atoms with Crippen LogP contribution in [0.3, 0.4) is 0 Å². The molecule has 0 spiro atoms. The molecule has 5 aromatic rings. The Morgan fingerprint density at radius 2 is 1.86 bits per heavy atom. The molecule has 3 heterocycles. The Bertz CT molecular complexity index is 1630. The highest BCUT2D eigenvalue weighted by Gasteiger charge is 2.21. The van der Waals surface area contributed by atoms with Crippen LogP contribution in [0.25, 0.3) is 16.6 Å². The van der Waals surface area contributed by atoms with Crippen molar-refractivity contribution in [3.8, 4) is 23.1 Å². The molecule has 8 nitrogen and oxygen atoms in total. The number of halogens is 3. The number of hydrogen-bond acceptors (Lipinski definition) is 6. The molecule has 0 saturated heterocycles. The van der Waals surface area contributed by atoms with Crippen LogP contribution in [0.15, 0.2) is 65.5 Å². The predicted molar refractivity (Wildman–Crippen MR) is 133 cm³/mol. The van der Waals surface area contributed by atoms with Gasteiger partial charge in [0.2, 0.25) is 11.6 Å². The third-order valence-electron chi connectivity index (χ3n) is 5.63. The first-order valence-corrected chi connectivity index (χ1v) is 11.4. The van der Waals surface area contributed by atoms with E-state index in [1.165, 1.54) is 33.8 Å². The Hall–Kier alpha value is -4.25. The summed E-state index contributed by atoms with van der Waals surface area (Å²) in [5, 5.41) is 5.09. The van der Waals surface area contributed by atoms with Crippen LogP contribution in [0.1, 0.15) is 15.9 Å². The number of aryl methyl sites for hydroxylation is 1. The summed E-state index contributed by atoms with van der Waals surface area (Å²) in [6.07, 6.45) is 4.42. The highest BCUT2D eigenvalue weighted by atomic mass is 79.9. The number of pyridine rings is 1. The first-order valence-electron chi connectivity index (χ1n) is 10.6. The van der Waals surface area contributed by atoms with Gasteiger partial charge in [-0.05, 0) is 58.7 Å². The zero-order valence-corrected chi connectivity index (χ0v) is 20.6. The van der Waals surface area contributed by atoms with Crippen molar-refractivity contribution in [2.24, 2.45) is 0 Å². The number of carbonyl (C=O) groups is 1. The molecule has 2 N–H and O–H groups in total. The molecule has 5 rings (SSSR count). The lowest BCUT2D eigenvalue weighted by molar-refractivity contribution is 0.0966. The van der Waals surface area contributed by atoms with Crippen molar-refractivity contribution in [3.63, 3.8) is 0 Å². The number of anilines is 1. The summed E-state index contributed by atoms with van der Waals surface area (Å²) in [6.45, 7) is 1.73. The van der Waals surface area contributed by atoms with Crippen molar-refractivity contribution in [1.82, 2.24) is 19.3 Å². The first kappa shape index (κ1) is 23.5. The van der Waals surface area contributed by atoms with Gasteiger partial charge in [-0.1, -0.05) is 6.07 Å². The fourth-order valence-corrected chi connectivity index (χ4v) is 4.29. The zero-order valence-electron chi connectivity index (χ0n) is 19.0. The summed E-state index contributed by atoms with van der Waals surface area (Å²) in [5.41, 5.74) is 8.24. The fourth-order valence-electron chi connectivity index (χ4n) is 3.80. The Balaban J connectivity index is 1.46. The van der Waals surface area contributed by atoms with Gasteiger partial charge in [-0.3, -0.25) is 9.36 Å². The Kier molecular flexibility index (Phi) is 5.92. The summed E-state index contributed by atoms with van der Waals surface area (Å²) in [5.74, 6) is -1.87. The third-order valence-corrected chi connectivity index (χ3v) is 6.25. The van der Waals surface area contributed by atoms with Crippen molar-refractivity contribution in [3.05, 3.63) is 88.3 Å². The van der Waals surface area contributed by atoms with Crippen LogP contribution in [-0.2, 0) is 0 Å². The molecule has 0 amide bonds. The largest absolute Gasteiger partial charge is 0.496 e. The number of hydrogen-bond donors (Lipinski definition) is 1. The number of rotatable bonds is 5. The molecular weight excluding hydrogens is 536 g/mol. The molecule has 182 valence electrons. The van der Waals surface area contributed by atoms with Crippen LogP contribution in [0.5, 0.6) is 17.4 Å². The zero-order chi connectivity index (χ0) is 25.6. The minimum atomic E-state index is -0.846. The van der Waals surface area contributed by atoms with Gasteiger partial charge in [0.15, 0.2) is 11.6 Å². The molecular formula is C25H18BrF2N5O3. The van der Waals surface area contributed by atoms with E-state index in [9.17, 15) is 13.6 Å². The molecule has 11 heteroatoms. The van der Waals surface area contributed by atoms with Gasteiger partial charge in [0.05, 0.1) is 35.2 Å². The van der Waals surface area contributed by atoms with E-state index >= 15 is 0 Å². The van der Waals surface area contributed by atoms with Crippen LogP contribution in [0.2, 0.25) is 0 Å². The maximum atomic E-state index is 13.9. The van der Waals surface area contributed by atoms with Crippen molar-refractivity contribution in [2.75, 3.05) is 12.8 Å². The van der Waals surface area contributed by atoms with Crippen LogP contribution < -0.4 is 15.2 Å². The van der Waals surface area contributed by atoms with Gasteiger partial charge in [-0.15, -0.1) is 0 Å². The molecule has 0 aliphatic heterocycles. The van der Waals surface area contributed by atoms with Crippen molar-refractivity contribution in [2.45, 2.75) is 6.92 Å². The van der Waals surface area contributed by atoms with E-state index in [1.807, 2.05) is 6.07 Å². The molecule has 0 aliphatic rings. The van der Waals surface area contributed by atoms with E-state index in [0.29, 0.717) is 27.0 Å². The number of benzene rings is 2. The number of nitrogen functional groups attached to an aromatic ring is 1. The lowest BCUT2D eigenvalue weighted by Gasteiger charge is -2.11. The summed E-state index contributed by atoms with van der Waals surface area (Å²) in [6, 6.07) is 10.3. The van der Waals surface area contributed by atoms with Gasteiger partial charge < -0.3 is 15.2 Å². The lowest BCUT2D eigenvalue weighted by atomic mass is 10.2. The number of carbonyl (C=O) groups excluding carboxylic acids is 1. The van der Waals surface area contributed by atoms with E-state index in [0.717, 1.165) is 17.5 Å². The quantitative estimate of drug-likeness (QED) is 0.302. The topological polar surface area (TPSA) is 97.2 Å². The van der Waals surface area contributed by atoms with E-state index < -0.39 is 17.4 Å². The van der Waals surface area contributed by atoms with Crippen molar-refractivity contribution < 1.29 is 23.0 Å². The minimum absolute atomic E-state index is 0.0120. The highest BCUT2D eigenvalue weighted by molar-refractivity contribution is 9.10. The van der Waals surface area contributed by atoms with Crippen molar-refractivity contribution >= 4 is 38.6 Å². The predicted octanol–water partition coefficient (Wildman–Crippen LogP) is 5.64. The maximum absolute atomic E-state index is 13.9. The number of methoxy groups -OCH3 is 1. The number of fused-ring (bicyclic) bond motifs is 1. The Morgan fingerprint density at radius 1 is 1.11 bits per heavy atom.